The Labute approximate surface area is 256 Å². The van der Waals surface area contributed by atoms with E-state index in [0.717, 1.165) is 48.9 Å². The second kappa shape index (κ2) is 10.9. The van der Waals surface area contributed by atoms with Crippen molar-refractivity contribution in [2.24, 2.45) is 34.5 Å². The summed E-state index contributed by atoms with van der Waals surface area (Å²) >= 11 is 0. The molecule has 0 radical (unpaired) electrons. The predicted octanol–water partition coefficient (Wildman–Crippen LogP) is 7.45. The number of nitrogens with one attached hydrogen (secondary N) is 1. The zero-order chi connectivity index (χ0) is 30.6. The molecule has 1 aliphatic heterocycles. The van der Waals surface area contributed by atoms with Gasteiger partial charge in [-0.05, 0) is 87.2 Å². The molecule has 2 aromatic carbocycles. The first-order valence-corrected chi connectivity index (χ1v) is 16.1. The number of ketones is 1. The van der Waals surface area contributed by atoms with Gasteiger partial charge in [0.1, 0.15) is 5.60 Å². The van der Waals surface area contributed by atoms with E-state index in [4.69, 9.17) is 4.74 Å². The Morgan fingerprint density at radius 1 is 0.907 bits per heavy atom. The molecule has 3 aliphatic carbocycles. The lowest BCUT2D eigenvalue weighted by Crippen LogP contribution is -2.59. The topological polar surface area (TPSA) is 75.7 Å². The standard InChI is InChI=1S/C37H46N2O4/c1-35(2,3)43-34(42)39-23-27-28-16-17-30(36(28,4)21-19-29(27)37(5)20-18-26(40)22-31(37)39)33(41)38-32(24-12-8-6-9-13-24)25-14-10-7-11-15-25/h6-15,22,27-30,32H,16-21,23H2,1-5H3,(H,38,41)/t27-,28-,29-,30+,36-,37+/m0/s1. The van der Waals surface area contributed by atoms with E-state index < -0.39 is 5.60 Å². The molecule has 3 fully saturated rings. The zero-order valence-electron chi connectivity index (χ0n) is 26.3. The minimum absolute atomic E-state index is 0.0871. The maximum absolute atomic E-state index is 14.2. The van der Waals surface area contributed by atoms with Crippen LogP contribution in [0.5, 0.6) is 0 Å². The Bertz CT molecular complexity index is 1370. The van der Waals surface area contributed by atoms with Crippen LogP contribution in [0, 0.1) is 34.5 Å². The van der Waals surface area contributed by atoms with Gasteiger partial charge >= 0.3 is 6.09 Å². The van der Waals surface area contributed by atoms with Crippen LogP contribution in [0.1, 0.15) is 90.3 Å². The molecule has 2 saturated carbocycles. The number of rotatable bonds is 4. The SMILES string of the molecule is CC(C)(C)OC(=O)N1C[C@H]2[C@@H]3CC[C@H](C(=O)NC(c4ccccc4)c4ccccc4)[C@@]3(C)CC[C@@H]2[C@@]2(C)CCC(=O)C=C12. The summed E-state index contributed by atoms with van der Waals surface area (Å²) in [7, 11) is 0. The number of benzene rings is 2. The first kappa shape index (κ1) is 29.7. The van der Waals surface area contributed by atoms with Gasteiger partial charge in [-0.2, -0.15) is 0 Å². The third kappa shape index (κ3) is 5.32. The van der Waals surface area contributed by atoms with Gasteiger partial charge < -0.3 is 10.1 Å². The summed E-state index contributed by atoms with van der Waals surface area (Å²) in [5.74, 6) is 1.04. The van der Waals surface area contributed by atoms with Crippen LogP contribution in [0.3, 0.4) is 0 Å². The molecule has 6 nitrogen and oxygen atoms in total. The normalized spacial score (nSPS) is 31.9. The molecule has 1 saturated heterocycles. The van der Waals surface area contributed by atoms with Crippen LogP contribution in [-0.4, -0.2) is 34.8 Å². The number of piperidine rings is 1. The van der Waals surface area contributed by atoms with E-state index in [1.54, 1.807) is 11.0 Å². The highest BCUT2D eigenvalue weighted by Crippen LogP contribution is 2.65. The smallest absolute Gasteiger partial charge is 0.414 e. The molecular weight excluding hydrogens is 536 g/mol. The van der Waals surface area contributed by atoms with E-state index >= 15 is 0 Å². The molecule has 2 aromatic rings. The molecular formula is C37H46N2O4. The lowest BCUT2D eigenvalue weighted by atomic mass is 9.49. The second-order valence-electron chi connectivity index (χ2n) is 14.8. The lowest BCUT2D eigenvalue weighted by Gasteiger charge is -2.60. The van der Waals surface area contributed by atoms with Crippen LogP contribution in [0.4, 0.5) is 4.79 Å². The Hall–Kier alpha value is -3.41. The van der Waals surface area contributed by atoms with E-state index in [0.29, 0.717) is 24.8 Å². The first-order valence-electron chi connectivity index (χ1n) is 16.1. The van der Waals surface area contributed by atoms with E-state index in [1.807, 2.05) is 57.2 Å². The van der Waals surface area contributed by atoms with Gasteiger partial charge in [-0.1, -0.05) is 74.5 Å². The average molecular weight is 583 g/mol. The van der Waals surface area contributed by atoms with E-state index in [-0.39, 0.29) is 46.5 Å². The van der Waals surface area contributed by atoms with Gasteiger partial charge in [0.25, 0.3) is 0 Å². The summed E-state index contributed by atoms with van der Waals surface area (Å²) in [4.78, 5) is 42.3. The van der Waals surface area contributed by atoms with Crippen LogP contribution in [0.2, 0.25) is 0 Å². The number of amides is 2. The maximum Gasteiger partial charge on any atom is 0.414 e. The number of hydrogen-bond acceptors (Lipinski definition) is 4. The monoisotopic (exact) mass is 582 g/mol. The molecule has 0 unspecified atom stereocenters. The third-order valence-corrected chi connectivity index (χ3v) is 11.2. The van der Waals surface area contributed by atoms with Crippen LogP contribution in [0.15, 0.2) is 72.4 Å². The molecule has 43 heavy (non-hydrogen) atoms. The van der Waals surface area contributed by atoms with Crippen molar-refractivity contribution >= 4 is 17.8 Å². The van der Waals surface area contributed by atoms with Crippen molar-refractivity contribution in [1.29, 1.82) is 0 Å². The molecule has 6 heteroatoms. The number of carbonyl (C=O) groups excluding carboxylic acids is 3. The van der Waals surface area contributed by atoms with Crippen LogP contribution >= 0.6 is 0 Å². The molecule has 1 heterocycles. The highest BCUT2D eigenvalue weighted by molar-refractivity contribution is 5.92. The highest BCUT2D eigenvalue weighted by atomic mass is 16.6. The molecule has 4 aliphatic rings. The molecule has 1 N–H and O–H groups in total. The van der Waals surface area contributed by atoms with Crippen LogP contribution < -0.4 is 5.32 Å². The number of ether oxygens (including phenoxy) is 1. The minimum Gasteiger partial charge on any atom is -0.443 e. The van der Waals surface area contributed by atoms with E-state index in [9.17, 15) is 14.4 Å². The van der Waals surface area contributed by atoms with E-state index in [1.165, 1.54) is 0 Å². The molecule has 6 rings (SSSR count). The summed E-state index contributed by atoms with van der Waals surface area (Å²) in [6, 6.07) is 20.2. The van der Waals surface area contributed by atoms with Crippen molar-refractivity contribution in [1.82, 2.24) is 10.2 Å². The second-order valence-corrected chi connectivity index (χ2v) is 14.8. The summed E-state index contributed by atoms with van der Waals surface area (Å²) in [6.07, 6.45) is 6.39. The summed E-state index contributed by atoms with van der Waals surface area (Å²) in [5.41, 5.74) is 1.93. The van der Waals surface area contributed by atoms with Gasteiger partial charge in [0.2, 0.25) is 5.91 Å². The number of allylic oxidation sites excluding steroid dienone is 2. The highest BCUT2D eigenvalue weighted by Gasteiger charge is 2.62. The number of hydrogen-bond donors (Lipinski definition) is 1. The number of likely N-dealkylation sites (tertiary alicyclic amines) is 1. The fourth-order valence-electron chi connectivity index (χ4n) is 9.12. The third-order valence-electron chi connectivity index (χ3n) is 11.2. The van der Waals surface area contributed by atoms with Crippen molar-refractivity contribution in [3.8, 4) is 0 Å². The van der Waals surface area contributed by atoms with Crippen LogP contribution in [-0.2, 0) is 14.3 Å². The lowest BCUT2D eigenvalue weighted by molar-refractivity contribution is -0.134. The maximum atomic E-state index is 14.2. The quantitative estimate of drug-likeness (QED) is 0.406. The fourth-order valence-corrected chi connectivity index (χ4v) is 9.12. The zero-order valence-corrected chi connectivity index (χ0v) is 26.3. The average Bonchev–Trinajstić information content (AvgIpc) is 3.33. The van der Waals surface area contributed by atoms with Gasteiger partial charge in [0.05, 0.1) is 6.04 Å². The van der Waals surface area contributed by atoms with Crippen molar-refractivity contribution in [3.05, 3.63) is 83.6 Å². The predicted molar refractivity (Wildman–Crippen MR) is 167 cm³/mol. The molecule has 0 aromatic heterocycles. The van der Waals surface area contributed by atoms with Gasteiger partial charge in [-0.3, -0.25) is 14.5 Å². The van der Waals surface area contributed by atoms with Crippen LogP contribution in [0.25, 0.3) is 0 Å². The minimum atomic E-state index is -0.630. The van der Waals surface area contributed by atoms with Gasteiger partial charge in [-0.25, -0.2) is 4.79 Å². The Morgan fingerprint density at radius 3 is 2.14 bits per heavy atom. The van der Waals surface area contributed by atoms with E-state index in [2.05, 4.69) is 43.4 Å². The molecule has 0 spiro atoms. The number of fused-ring (bicyclic) bond motifs is 5. The van der Waals surface area contributed by atoms with Crippen molar-refractivity contribution < 1.29 is 19.1 Å². The molecule has 0 bridgehead atoms. The van der Waals surface area contributed by atoms with Crippen molar-refractivity contribution in [2.75, 3.05) is 6.54 Å². The Morgan fingerprint density at radius 2 is 1.53 bits per heavy atom. The molecule has 228 valence electrons. The molecule has 6 atom stereocenters. The van der Waals surface area contributed by atoms with Crippen molar-refractivity contribution in [3.63, 3.8) is 0 Å². The Balaban J connectivity index is 1.29. The van der Waals surface area contributed by atoms with Crippen molar-refractivity contribution in [2.45, 2.75) is 84.8 Å². The molecule has 2 amide bonds. The first-order chi connectivity index (χ1) is 20.4. The number of carbonyl (C=O) groups is 3. The largest absolute Gasteiger partial charge is 0.443 e. The van der Waals surface area contributed by atoms with Gasteiger partial charge in [0.15, 0.2) is 5.78 Å². The van der Waals surface area contributed by atoms with Gasteiger partial charge in [-0.15, -0.1) is 0 Å². The Kier molecular flexibility index (Phi) is 7.55. The summed E-state index contributed by atoms with van der Waals surface area (Å²) in [5, 5.41) is 3.46. The fraction of sp³-hybridized carbons (Fsp3) is 0.541. The summed E-state index contributed by atoms with van der Waals surface area (Å²) < 4.78 is 5.88. The summed E-state index contributed by atoms with van der Waals surface area (Å²) in [6.45, 7) is 10.8. The number of nitrogens with zero attached hydrogens (tertiary/aromatic N) is 1. The van der Waals surface area contributed by atoms with Gasteiger partial charge in [0, 0.05) is 36.1 Å².